The van der Waals surface area contributed by atoms with Gasteiger partial charge in [0.15, 0.2) is 0 Å². The molecule has 0 fully saturated rings. The van der Waals surface area contributed by atoms with Gasteiger partial charge in [0.25, 0.3) is 0 Å². The van der Waals surface area contributed by atoms with E-state index in [1.165, 1.54) is 5.56 Å². The molecule has 3 rings (SSSR count). The van der Waals surface area contributed by atoms with Crippen LogP contribution >= 0.6 is 0 Å². The maximum atomic E-state index is 11.5. The van der Waals surface area contributed by atoms with Crippen LogP contribution in [0.4, 0.5) is 0 Å². The third-order valence-corrected chi connectivity index (χ3v) is 4.02. The van der Waals surface area contributed by atoms with Gasteiger partial charge in [0.2, 0.25) is 0 Å². The van der Waals surface area contributed by atoms with E-state index < -0.39 is 0 Å². The van der Waals surface area contributed by atoms with Gasteiger partial charge in [0.1, 0.15) is 12.0 Å². The summed E-state index contributed by atoms with van der Waals surface area (Å²) >= 11 is 0. The molecule has 2 unspecified atom stereocenters. The number of phenols is 1. The molecule has 19 heavy (non-hydrogen) atoms. The minimum absolute atomic E-state index is 0.105. The number of aldehydes is 1. The monoisotopic (exact) mass is 252 g/mol. The van der Waals surface area contributed by atoms with Crippen LogP contribution in [0.5, 0.6) is 5.75 Å². The van der Waals surface area contributed by atoms with Crippen molar-refractivity contribution in [1.82, 2.24) is 0 Å². The Balaban J connectivity index is 2.03. The van der Waals surface area contributed by atoms with Crippen molar-refractivity contribution in [2.75, 3.05) is 0 Å². The topological polar surface area (TPSA) is 37.3 Å². The predicted molar refractivity (Wildman–Crippen MR) is 74.4 cm³/mol. The highest BCUT2D eigenvalue weighted by molar-refractivity contribution is 5.67. The molecule has 1 N–H and O–H groups in total. The van der Waals surface area contributed by atoms with Gasteiger partial charge in [-0.3, -0.25) is 0 Å². The van der Waals surface area contributed by atoms with Crippen LogP contribution in [-0.2, 0) is 11.2 Å². The molecular formula is C17H16O2. The van der Waals surface area contributed by atoms with E-state index in [0.717, 1.165) is 30.3 Å². The lowest BCUT2D eigenvalue weighted by atomic mass is 9.73. The predicted octanol–water partition coefficient (Wildman–Crippen LogP) is 3.40. The molecule has 0 aromatic heterocycles. The van der Waals surface area contributed by atoms with Crippen LogP contribution in [-0.4, -0.2) is 11.4 Å². The van der Waals surface area contributed by atoms with Crippen LogP contribution in [0, 0.1) is 0 Å². The first-order valence-electron chi connectivity index (χ1n) is 6.61. The SMILES string of the molecule is O=CC1c2ccc(O)cc2CCC1c1ccccc1. The van der Waals surface area contributed by atoms with Crippen LogP contribution < -0.4 is 0 Å². The summed E-state index contributed by atoms with van der Waals surface area (Å²) in [6, 6.07) is 15.6. The van der Waals surface area contributed by atoms with Gasteiger partial charge in [0, 0.05) is 5.92 Å². The molecule has 0 radical (unpaired) electrons. The van der Waals surface area contributed by atoms with Gasteiger partial charge in [-0.2, -0.15) is 0 Å². The molecule has 1 aliphatic rings. The lowest BCUT2D eigenvalue weighted by Crippen LogP contribution is -2.20. The van der Waals surface area contributed by atoms with E-state index in [2.05, 4.69) is 12.1 Å². The lowest BCUT2D eigenvalue weighted by Gasteiger charge is -2.30. The van der Waals surface area contributed by atoms with E-state index in [1.54, 1.807) is 12.1 Å². The number of rotatable bonds is 2. The van der Waals surface area contributed by atoms with Crippen molar-refractivity contribution < 1.29 is 9.90 Å². The highest BCUT2D eigenvalue weighted by Gasteiger charge is 2.30. The first-order valence-corrected chi connectivity index (χ1v) is 6.61. The second kappa shape index (κ2) is 4.88. The zero-order chi connectivity index (χ0) is 13.2. The Bertz CT molecular complexity index is 589. The molecule has 0 heterocycles. The number of aryl methyl sites for hydroxylation is 1. The number of aromatic hydroxyl groups is 1. The zero-order valence-corrected chi connectivity index (χ0v) is 10.6. The standard InChI is InChI=1S/C17H16O2/c18-11-17-15(12-4-2-1-3-5-12)8-6-13-10-14(19)7-9-16(13)17/h1-5,7,9-11,15,17,19H,6,8H2. The molecule has 0 saturated carbocycles. The summed E-state index contributed by atoms with van der Waals surface area (Å²) in [6.07, 6.45) is 2.91. The van der Waals surface area contributed by atoms with Crippen LogP contribution in [0.15, 0.2) is 48.5 Å². The Morgan fingerprint density at radius 2 is 1.89 bits per heavy atom. The molecule has 0 spiro atoms. The summed E-state index contributed by atoms with van der Waals surface area (Å²) in [7, 11) is 0. The van der Waals surface area contributed by atoms with Crippen molar-refractivity contribution in [3.63, 3.8) is 0 Å². The smallest absolute Gasteiger partial charge is 0.128 e. The molecule has 0 aliphatic heterocycles. The summed E-state index contributed by atoms with van der Waals surface area (Å²) in [5, 5.41) is 9.54. The van der Waals surface area contributed by atoms with E-state index in [9.17, 15) is 9.90 Å². The van der Waals surface area contributed by atoms with Crippen LogP contribution in [0.25, 0.3) is 0 Å². The van der Waals surface area contributed by atoms with E-state index >= 15 is 0 Å². The first kappa shape index (κ1) is 12.0. The molecule has 2 nitrogen and oxygen atoms in total. The van der Waals surface area contributed by atoms with Gasteiger partial charge < -0.3 is 9.90 Å². The van der Waals surface area contributed by atoms with Crippen molar-refractivity contribution >= 4 is 6.29 Å². The molecule has 0 saturated heterocycles. The van der Waals surface area contributed by atoms with E-state index in [4.69, 9.17) is 0 Å². The number of fused-ring (bicyclic) bond motifs is 1. The third-order valence-electron chi connectivity index (χ3n) is 4.02. The van der Waals surface area contributed by atoms with E-state index in [-0.39, 0.29) is 17.6 Å². The third kappa shape index (κ3) is 2.14. The second-order valence-electron chi connectivity index (χ2n) is 5.10. The van der Waals surface area contributed by atoms with Gasteiger partial charge in [-0.1, -0.05) is 36.4 Å². The van der Waals surface area contributed by atoms with Crippen molar-refractivity contribution in [1.29, 1.82) is 0 Å². The summed E-state index contributed by atoms with van der Waals surface area (Å²) < 4.78 is 0. The quantitative estimate of drug-likeness (QED) is 0.832. The average Bonchev–Trinajstić information content (AvgIpc) is 2.46. The van der Waals surface area contributed by atoms with Crippen molar-refractivity contribution in [3.8, 4) is 5.75 Å². The average molecular weight is 252 g/mol. The molecular weight excluding hydrogens is 236 g/mol. The fourth-order valence-corrected chi connectivity index (χ4v) is 3.08. The molecule has 2 aromatic rings. The Labute approximate surface area is 112 Å². The minimum atomic E-state index is -0.105. The molecule has 2 heteroatoms. The Morgan fingerprint density at radius 3 is 2.63 bits per heavy atom. The molecule has 96 valence electrons. The van der Waals surface area contributed by atoms with Crippen molar-refractivity contribution in [2.24, 2.45) is 0 Å². The molecule has 0 bridgehead atoms. The number of carbonyl (C=O) groups excluding carboxylic acids is 1. The summed E-state index contributed by atoms with van der Waals surface area (Å²) in [4.78, 5) is 11.5. The maximum absolute atomic E-state index is 11.5. The van der Waals surface area contributed by atoms with Gasteiger partial charge in [-0.15, -0.1) is 0 Å². The molecule has 0 amide bonds. The molecule has 2 aromatic carbocycles. The number of hydrogen-bond acceptors (Lipinski definition) is 2. The lowest BCUT2D eigenvalue weighted by molar-refractivity contribution is -0.109. The van der Waals surface area contributed by atoms with Crippen molar-refractivity contribution in [3.05, 3.63) is 65.2 Å². The zero-order valence-electron chi connectivity index (χ0n) is 10.6. The van der Waals surface area contributed by atoms with Gasteiger partial charge in [0.05, 0.1) is 0 Å². The molecule has 2 atom stereocenters. The number of benzene rings is 2. The maximum Gasteiger partial charge on any atom is 0.128 e. The summed E-state index contributed by atoms with van der Waals surface area (Å²) in [5.74, 6) is 0.420. The Hall–Kier alpha value is -2.09. The highest BCUT2D eigenvalue weighted by Crippen LogP contribution is 2.41. The summed E-state index contributed by atoms with van der Waals surface area (Å²) in [5.41, 5.74) is 3.38. The number of hydrogen-bond donors (Lipinski definition) is 1. The minimum Gasteiger partial charge on any atom is -0.508 e. The first-order chi connectivity index (χ1) is 9.29. The highest BCUT2D eigenvalue weighted by atomic mass is 16.3. The van der Waals surface area contributed by atoms with E-state index in [1.807, 2.05) is 24.3 Å². The number of carbonyl (C=O) groups is 1. The Kier molecular flexibility index (Phi) is 3.08. The van der Waals surface area contributed by atoms with Gasteiger partial charge in [-0.25, -0.2) is 0 Å². The Morgan fingerprint density at radius 1 is 1.11 bits per heavy atom. The largest absolute Gasteiger partial charge is 0.508 e. The van der Waals surface area contributed by atoms with Crippen LogP contribution in [0.1, 0.15) is 34.9 Å². The van der Waals surface area contributed by atoms with Crippen LogP contribution in [0.3, 0.4) is 0 Å². The van der Waals surface area contributed by atoms with Crippen LogP contribution in [0.2, 0.25) is 0 Å². The number of phenolic OH excluding ortho intramolecular Hbond substituents is 1. The normalized spacial score (nSPS) is 21.7. The fraction of sp³-hybridized carbons (Fsp3) is 0.235. The second-order valence-corrected chi connectivity index (χ2v) is 5.10. The molecule has 1 aliphatic carbocycles. The van der Waals surface area contributed by atoms with Crippen molar-refractivity contribution in [2.45, 2.75) is 24.7 Å². The summed E-state index contributed by atoms with van der Waals surface area (Å²) in [6.45, 7) is 0. The fourth-order valence-electron chi connectivity index (χ4n) is 3.08. The van der Waals surface area contributed by atoms with E-state index in [0.29, 0.717) is 0 Å². The van der Waals surface area contributed by atoms with Gasteiger partial charge >= 0.3 is 0 Å². The van der Waals surface area contributed by atoms with Gasteiger partial charge in [-0.05, 0) is 47.6 Å².